The lowest BCUT2D eigenvalue weighted by Crippen LogP contribution is -2.66. The summed E-state index contributed by atoms with van der Waals surface area (Å²) in [6.07, 6.45) is 1.49. The number of hydrogen-bond acceptors (Lipinski definition) is 6. The standard InChI is InChI=1S/C37H36Cl2N6O3/c1-36(2)34(47)45(35(40)43-36)18-22-10-12-23(13-11-22)25-6-4-7-26(31(25)38)27-8-5-9-28(32(27)39)29-15-14-24(33(41-29)48-3)19-44-20-37(21-44)17-16-30(46)42-37/h4-15H,16-21H2,1-3H3,(H2,40,43)(H,42,46). The summed E-state index contributed by atoms with van der Waals surface area (Å²) in [5.41, 5.74) is 5.82. The molecule has 4 heterocycles. The number of likely N-dealkylation sites (tertiary alicyclic amines) is 1. The van der Waals surface area contributed by atoms with Gasteiger partial charge in [0, 0.05) is 53.9 Å². The van der Waals surface area contributed by atoms with Gasteiger partial charge in [-0.05, 0) is 37.5 Å². The van der Waals surface area contributed by atoms with Crippen LogP contribution >= 0.6 is 23.2 Å². The first-order chi connectivity index (χ1) is 23.0. The molecule has 0 bridgehead atoms. The van der Waals surface area contributed by atoms with Gasteiger partial charge in [-0.15, -0.1) is 0 Å². The van der Waals surface area contributed by atoms with Crippen molar-refractivity contribution in [1.82, 2.24) is 25.4 Å². The Kier molecular flexibility index (Phi) is 8.18. The van der Waals surface area contributed by atoms with Gasteiger partial charge in [-0.25, -0.2) is 4.98 Å². The molecule has 11 heteroatoms. The van der Waals surface area contributed by atoms with E-state index in [9.17, 15) is 9.59 Å². The van der Waals surface area contributed by atoms with E-state index in [0.29, 0.717) is 41.1 Å². The second-order valence-corrected chi connectivity index (χ2v) is 14.1. The van der Waals surface area contributed by atoms with E-state index in [0.717, 1.165) is 58.5 Å². The molecule has 0 unspecified atom stereocenters. The Morgan fingerprint density at radius 3 is 2.10 bits per heavy atom. The third-order valence-electron chi connectivity index (χ3n) is 9.46. The molecule has 1 aromatic heterocycles. The third kappa shape index (κ3) is 5.80. The van der Waals surface area contributed by atoms with Crippen molar-refractivity contribution < 1.29 is 14.3 Å². The Morgan fingerprint density at radius 1 is 0.854 bits per heavy atom. The molecular formula is C37H36Cl2N6O3. The molecule has 3 aromatic carbocycles. The van der Waals surface area contributed by atoms with Gasteiger partial charge in [0.25, 0.3) is 5.91 Å². The quantitative estimate of drug-likeness (QED) is 0.196. The molecule has 0 atom stereocenters. The molecular weight excluding hydrogens is 647 g/mol. The molecule has 3 fully saturated rings. The zero-order chi connectivity index (χ0) is 33.8. The molecule has 3 N–H and O–H groups in total. The minimum atomic E-state index is -0.787. The number of hydrogen-bond donors (Lipinski definition) is 3. The number of rotatable bonds is 8. The van der Waals surface area contributed by atoms with Crippen LogP contribution in [0.15, 0.2) is 72.8 Å². The van der Waals surface area contributed by atoms with Gasteiger partial charge in [-0.3, -0.25) is 24.8 Å². The Bertz CT molecular complexity index is 1960. The lowest BCUT2D eigenvalue weighted by molar-refractivity contribution is -0.130. The fraction of sp³-hybridized carbons (Fsp3) is 0.297. The van der Waals surface area contributed by atoms with E-state index in [4.69, 9.17) is 38.3 Å². The van der Waals surface area contributed by atoms with Crippen molar-refractivity contribution in [3.63, 3.8) is 0 Å². The van der Waals surface area contributed by atoms with E-state index in [1.807, 2.05) is 72.8 Å². The highest BCUT2D eigenvalue weighted by atomic mass is 35.5. The van der Waals surface area contributed by atoms with Crippen LogP contribution in [-0.2, 0) is 22.7 Å². The third-order valence-corrected chi connectivity index (χ3v) is 10.3. The average Bonchev–Trinajstić information content (AvgIpc) is 3.53. The Balaban J connectivity index is 1.11. The summed E-state index contributed by atoms with van der Waals surface area (Å²) in [6.45, 7) is 6.18. The molecule has 7 rings (SSSR count). The van der Waals surface area contributed by atoms with Crippen molar-refractivity contribution in [3.05, 3.63) is 94.0 Å². The van der Waals surface area contributed by atoms with Crippen molar-refractivity contribution in [3.8, 4) is 39.4 Å². The van der Waals surface area contributed by atoms with Crippen molar-refractivity contribution in [2.75, 3.05) is 20.2 Å². The summed E-state index contributed by atoms with van der Waals surface area (Å²) < 4.78 is 5.71. The smallest absolute Gasteiger partial charge is 0.254 e. The largest absolute Gasteiger partial charge is 0.481 e. The number of methoxy groups -OCH3 is 1. The SMILES string of the molecule is COc1nc(-c2cccc(-c3cccc(-c4ccc(CN5C(=N)NC(C)(C)C5=O)cc4)c3Cl)c2Cl)ccc1CN1CC2(CCC(=O)N2)C1. The number of carbonyl (C=O) groups is 2. The number of guanidine groups is 1. The summed E-state index contributed by atoms with van der Waals surface area (Å²) in [6, 6.07) is 23.6. The van der Waals surface area contributed by atoms with Gasteiger partial charge in [-0.1, -0.05) is 89.9 Å². The maximum absolute atomic E-state index is 12.7. The highest BCUT2D eigenvalue weighted by Gasteiger charge is 2.47. The number of amides is 2. The summed E-state index contributed by atoms with van der Waals surface area (Å²) in [5, 5.41) is 15.3. The summed E-state index contributed by atoms with van der Waals surface area (Å²) in [7, 11) is 1.62. The number of carbonyl (C=O) groups excluding carboxylic acids is 2. The zero-order valence-electron chi connectivity index (χ0n) is 27.0. The van der Waals surface area contributed by atoms with Gasteiger partial charge < -0.3 is 15.4 Å². The molecule has 1 spiro atoms. The van der Waals surface area contributed by atoms with Crippen LogP contribution in [0.2, 0.25) is 10.0 Å². The monoisotopic (exact) mass is 682 g/mol. The molecule has 3 saturated heterocycles. The maximum Gasteiger partial charge on any atom is 0.254 e. The number of nitrogens with zero attached hydrogens (tertiary/aromatic N) is 3. The molecule has 9 nitrogen and oxygen atoms in total. The lowest BCUT2D eigenvalue weighted by atomic mass is 9.88. The molecule has 2 amide bonds. The first kappa shape index (κ1) is 32.1. The minimum absolute atomic E-state index is 0.0793. The topological polar surface area (TPSA) is 111 Å². The maximum atomic E-state index is 12.7. The summed E-state index contributed by atoms with van der Waals surface area (Å²) in [5.74, 6) is 0.657. The van der Waals surface area contributed by atoms with Crippen molar-refractivity contribution in [2.24, 2.45) is 0 Å². The van der Waals surface area contributed by atoms with Crippen LogP contribution in [0.3, 0.4) is 0 Å². The van der Waals surface area contributed by atoms with E-state index in [-0.39, 0.29) is 23.3 Å². The number of ether oxygens (including phenoxy) is 1. The summed E-state index contributed by atoms with van der Waals surface area (Å²) in [4.78, 5) is 33.0. The predicted octanol–water partition coefficient (Wildman–Crippen LogP) is 6.51. The average molecular weight is 684 g/mol. The minimum Gasteiger partial charge on any atom is -0.481 e. The first-order valence-electron chi connectivity index (χ1n) is 15.9. The van der Waals surface area contributed by atoms with Crippen LogP contribution in [0.5, 0.6) is 5.88 Å². The Hall–Kier alpha value is -4.44. The van der Waals surface area contributed by atoms with Gasteiger partial charge in [-0.2, -0.15) is 0 Å². The normalized spacial score (nSPS) is 18.2. The highest BCUT2D eigenvalue weighted by molar-refractivity contribution is 6.39. The Labute approximate surface area is 289 Å². The second-order valence-electron chi connectivity index (χ2n) is 13.4. The van der Waals surface area contributed by atoms with Crippen molar-refractivity contribution in [2.45, 2.75) is 50.9 Å². The molecule has 3 aliphatic rings. The van der Waals surface area contributed by atoms with E-state index < -0.39 is 5.54 Å². The van der Waals surface area contributed by atoms with Gasteiger partial charge >= 0.3 is 0 Å². The predicted molar refractivity (Wildman–Crippen MR) is 188 cm³/mol. The highest BCUT2D eigenvalue weighted by Crippen LogP contribution is 2.43. The molecule has 246 valence electrons. The van der Waals surface area contributed by atoms with Gasteiger partial charge in [0.1, 0.15) is 5.54 Å². The number of aromatic nitrogens is 1. The number of halogens is 2. The molecule has 3 aliphatic heterocycles. The summed E-state index contributed by atoms with van der Waals surface area (Å²) >= 11 is 14.2. The molecule has 0 radical (unpaired) electrons. The number of pyridine rings is 1. The van der Waals surface area contributed by atoms with Crippen LogP contribution in [0.1, 0.15) is 37.8 Å². The number of nitrogens with one attached hydrogen (secondary N) is 3. The first-order valence-corrected chi connectivity index (χ1v) is 16.7. The molecule has 0 saturated carbocycles. The van der Waals surface area contributed by atoms with Crippen LogP contribution in [0.4, 0.5) is 0 Å². The van der Waals surface area contributed by atoms with Crippen LogP contribution in [0, 0.1) is 5.41 Å². The van der Waals surface area contributed by atoms with E-state index in [1.165, 1.54) is 4.90 Å². The fourth-order valence-corrected chi connectivity index (χ4v) is 7.63. The second kappa shape index (κ2) is 12.2. The lowest BCUT2D eigenvalue weighted by Gasteiger charge is -2.48. The van der Waals surface area contributed by atoms with Crippen molar-refractivity contribution >= 4 is 41.0 Å². The Morgan fingerprint density at radius 2 is 1.50 bits per heavy atom. The van der Waals surface area contributed by atoms with E-state index >= 15 is 0 Å². The van der Waals surface area contributed by atoms with E-state index in [1.54, 1.807) is 21.0 Å². The molecule has 0 aliphatic carbocycles. The van der Waals surface area contributed by atoms with Crippen LogP contribution in [-0.4, -0.2) is 63.8 Å². The fourth-order valence-electron chi connectivity index (χ4n) is 6.97. The van der Waals surface area contributed by atoms with Gasteiger partial charge in [0.05, 0.1) is 34.9 Å². The molecule has 4 aromatic rings. The van der Waals surface area contributed by atoms with Crippen molar-refractivity contribution in [1.29, 1.82) is 5.41 Å². The van der Waals surface area contributed by atoms with Gasteiger partial charge in [0.15, 0.2) is 5.96 Å². The van der Waals surface area contributed by atoms with E-state index in [2.05, 4.69) is 15.5 Å². The molecule has 48 heavy (non-hydrogen) atoms. The number of benzene rings is 3. The van der Waals surface area contributed by atoms with Crippen LogP contribution < -0.4 is 15.4 Å². The zero-order valence-corrected chi connectivity index (χ0v) is 28.5. The van der Waals surface area contributed by atoms with Crippen LogP contribution in [0.25, 0.3) is 33.5 Å². The van der Waals surface area contributed by atoms with Gasteiger partial charge in [0.2, 0.25) is 11.8 Å².